The lowest BCUT2D eigenvalue weighted by Crippen LogP contribution is -2.15. The summed E-state index contributed by atoms with van der Waals surface area (Å²) in [6.07, 6.45) is 0.309. The first kappa shape index (κ1) is 13.1. The Labute approximate surface area is 104 Å². The molecule has 0 saturated heterocycles. The molecule has 1 fully saturated rings. The van der Waals surface area contributed by atoms with Crippen LogP contribution in [0.2, 0.25) is 0 Å². The van der Waals surface area contributed by atoms with Gasteiger partial charge in [-0.15, -0.1) is 0 Å². The Morgan fingerprint density at radius 1 is 1.28 bits per heavy atom. The Balaban J connectivity index is 1.92. The molecule has 5 heteroatoms. The quantitative estimate of drug-likeness (QED) is 0.833. The summed E-state index contributed by atoms with van der Waals surface area (Å²) in [5.41, 5.74) is 4.85. The number of nitrogen functional groups attached to an aromatic ring is 1. The maximum Gasteiger partial charge on any atom is 0.416 e. The number of benzene rings is 1. The molecular formula is C13H16F3NO. The number of anilines is 1. The van der Waals surface area contributed by atoms with E-state index in [2.05, 4.69) is 0 Å². The van der Waals surface area contributed by atoms with Crippen LogP contribution in [-0.4, -0.2) is 6.61 Å². The highest BCUT2D eigenvalue weighted by atomic mass is 19.4. The van der Waals surface area contributed by atoms with Gasteiger partial charge in [0.25, 0.3) is 0 Å². The third kappa shape index (κ3) is 3.09. The minimum Gasteiger partial charge on any atom is -0.491 e. The molecule has 0 radical (unpaired) electrons. The van der Waals surface area contributed by atoms with Gasteiger partial charge in [-0.3, -0.25) is 0 Å². The van der Waals surface area contributed by atoms with Crippen LogP contribution in [0.4, 0.5) is 18.9 Å². The molecule has 0 heterocycles. The maximum atomic E-state index is 12.4. The molecule has 1 aliphatic rings. The molecule has 1 saturated carbocycles. The van der Waals surface area contributed by atoms with E-state index < -0.39 is 11.7 Å². The van der Waals surface area contributed by atoms with E-state index in [-0.39, 0.29) is 5.69 Å². The first-order chi connectivity index (χ1) is 8.47. The van der Waals surface area contributed by atoms with E-state index in [1.54, 1.807) is 0 Å². The van der Waals surface area contributed by atoms with Gasteiger partial charge < -0.3 is 10.5 Å². The molecule has 1 aromatic rings. The summed E-state index contributed by atoms with van der Waals surface area (Å²) in [4.78, 5) is 0. The van der Waals surface area contributed by atoms with Crippen molar-refractivity contribution in [3.63, 3.8) is 0 Å². The zero-order chi connectivity index (χ0) is 13.2. The van der Waals surface area contributed by atoms with Crippen molar-refractivity contribution < 1.29 is 17.9 Å². The number of rotatable bonds is 4. The zero-order valence-corrected chi connectivity index (χ0v) is 9.96. The van der Waals surface area contributed by atoms with E-state index >= 15 is 0 Å². The second-order valence-electron chi connectivity index (χ2n) is 4.68. The molecule has 1 aliphatic carbocycles. The van der Waals surface area contributed by atoms with Gasteiger partial charge in [0.1, 0.15) is 5.75 Å². The topological polar surface area (TPSA) is 35.2 Å². The molecule has 0 aliphatic heterocycles. The van der Waals surface area contributed by atoms with Crippen LogP contribution in [0.1, 0.15) is 31.2 Å². The molecule has 1 aromatic carbocycles. The summed E-state index contributed by atoms with van der Waals surface area (Å²) in [6.45, 7) is 0.514. The highest BCUT2D eigenvalue weighted by Crippen LogP contribution is 2.34. The highest BCUT2D eigenvalue weighted by Gasteiger charge is 2.30. The van der Waals surface area contributed by atoms with Crippen molar-refractivity contribution in [1.29, 1.82) is 0 Å². The number of nitrogens with two attached hydrogens (primary N) is 1. The number of alkyl halides is 3. The number of ether oxygens (including phenoxy) is 1. The molecule has 100 valence electrons. The van der Waals surface area contributed by atoms with Crippen molar-refractivity contribution in [2.75, 3.05) is 12.3 Å². The van der Waals surface area contributed by atoms with Gasteiger partial charge in [0.05, 0.1) is 17.9 Å². The molecule has 2 nitrogen and oxygen atoms in total. The Bertz CT molecular complexity index is 413. The lowest BCUT2D eigenvalue weighted by atomic mass is 9.83. The molecule has 0 aromatic heterocycles. The normalized spacial score (nSPS) is 16.4. The van der Waals surface area contributed by atoms with Gasteiger partial charge in [0.2, 0.25) is 0 Å². The van der Waals surface area contributed by atoms with Crippen LogP contribution < -0.4 is 10.5 Å². The average Bonchev–Trinajstić information content (AvgIpc) is 2.22. The minimum absolute atomic E-state index is 0.0402. The van der Waals surface area contributed by atoms with Crippen LogP contribution in [0.15, 0.2) is 18.2 Å². The van der Waals surface area contributed by atoms with Crippen molar-refractivity contribution in [1.82, 2.24) is 0 Å². The van der Waals surface area contributed by atoms with Gasteiger partial charge in [-0.25, -0.2) is 0 Å². The van der Waals surface area contributed by atoms with Crippen LogP contribution in [0.25, 0.3) is 0 Å². The SMILES string of the molecule is Nc1cc(C(F)(F)F)ccc1OCCC1CCC1. The van der Waals surface area contributed by atoms with Crippen molar-refractivity contribution in [2.24, 2.45) is 5.92 Å². The molecule has 0 bridgehead atoms. The van der Waals surface area contributed by atoms with Gasteiger partial charge in [-0.05, 0) is 30.5 Å². The lowest BCUT2D eigenvalue weighted by molar-refractivity contribution is -0.137. The van der Waals surface area contributed by atoms with E-state index in [0.29, 0.717) is 18.3 Å². The predicted octanol–water partition coefficient (Wildman–Crippen LogP) is 3.86. The van der Waals surface area contributed by atoms with E-state index in [1.807, 2.05) is 0 Å². The van der Waals surface area contributed by atoms with Crippen LogP contribution in [0.3, 0.4) is 0 Å². The summed E-state index contributed by atoms with van der Waals surface area (Å²) in [5.74, 6) is 1.04. The van der Waals surface area contributed by atoms with Gasteiger partial charge in [0.15, 0.2) is 0 Å². The van der Waals surface area contributed by atoms with Gasteiger partial charge >= 0.3 is 6.18 Å². The molecular weight excluding hydrogens is 243 g/mol. The van der Waals surface area contributed by atoms with Crippen LogP contribution in [0, 0.1) is 5.92 Å². The standard InChI is InChI=1S/C13H16F3NO/c14-13(15,16)10-4-5-12(11(17)8-10)18-7-6-9-2-1-3-9/h4-5,8-9H,1-3,6-7,17H2. The summed E-state index contributed by atoms with van der Waals surface area (Å²) in [7, 11) is 0. The Kier molecular flexibility index (Phi) is 3.68. The molecule has 2 rings (SSSR count). The Hall–Kier alpha value is -1.39. The fraction of sp³-hybridized carbons (Fsp3) is 0.538. The van der Waals surface area contributed by atoms with Gasteiger partial charge in [0, 0.05) is 0 Å². The zero-order valence-electron chi connectivity index (χ0n) is 9.96. The van der Waals surface area contributed by atoms with E-state index in [4.69, 9.17) is 10.5 Å². The van der Waals surface area contributed by atoms with Gasteiger partial charge in [-0.1, -0.05) is 19.3 Å². The molecule has 2 N–H and O–H groups in total. The summed E-state index contributed by atoms with van der Waals surface area (Å²) >= 11 is 0. The predicted molar refractivity (Wildman–Crippen MR) is 63.3 cm³/mol. The van der Waals surface area contributed by atoms with E-state index in [9.17, 15) is 13.2 Å². The largest absolute Gasteiger partial charge is 0.491 e. The second-order valence-corrected chi connectivity index (χ2v) is 4.68. The molecule has 0 spiro atoms. The average molecular weight is 259 g/mol. The fourth-order valence-corrected chi connectivity index (χ4v) is 1.97. The second kappa shape index (κ2) is 5.08. The fourth-order valence-electron chi connectivity index (χ4n) is 1.97. The lowest BCUT2D eigenvalue weighted by Gasteiger charge is -2.25. The number of hydrogen-bond donors (Lipinski definition) is 1. The summed E-state index contributed by atoms with van der Waals surface area (Å²) < 4.78 is 42.7. The molecule has 0 amide bonds. The summed E-state index contributed by atoms with van der Waals surface area (Å²) in [5, 5.41) is 0. The van der Waals surface area contributed by atoms with Crippen LogP contribution in [0.5, 0.6) is 5.75 Å². The summed E-state index contributed by atoms with van der Waals surface area (Å²) in [6, 6.07) is 3.20. The highest BCUT2D eigenvalue weighted by molar-refractivity contribution is 5.54. The van der Waals surface area contributed by atoms with E-state index in [0.717, 1.165) is 18.6 Å². The third-order valence-electron chi connectivity index (χ3n) is 3.35. The monoisotopic (exact) mass is 259 g/mol. The minimum atomic E-state index is -4.36. The van der Waals surface area contributed by atoms with Crippen molar-refractivity contribution >= 4 is 5.69 Å². The van der Waals surface area contributed by atoms with Crippen molar-refractivity contribution in [3.05, 3.63) is 23.8 Å². The third-order valence-corrected chi connectivity index (χ3v) is 3.35. The number of halogens is 3. The first-order valence-corrected chi connectivity index (χ1v) is 6.06. The Morgan fingerprint density at radius 2 is 2.00 bits per heavy atom. The van der Waals surface area contributed by atoms with Crippen LogP contribution in [-0.2, 0) is 6.18 Å². The van der Waals surface area contributed by atoms with Crippen molar-refractivity contribution in [3.8, 4) is 5.75 Å². The van der Waals surface area contributed by atoms with Crippen molar-refractivity contribution in [2.45, 2.75) is 31.9 Å². The molecule has 18 heavy (non-hydrogen) atoms. The first-order valence-electron chi connectivity index (χ1n) is 6.06. The molecule has 0 unspecified atom stereocenters. The molecule has 0 atom stereocenters. The van der Waals surface area contributed by atoms with Gasteiger partial charge in [-0.2, -0.15) is 13.2 Å². The van der Waals surface area contributed by atoms with E-state index in [1.165, 1.54) is 25.3 Å². The Morgan fingerprint density at radius 3 is 2.50 bits per heavy atom. The maximum absolute atomic E-state index is 12.4. The smallest absolute Gasteiger partial charge is 0.416 e. The number of hydrogen-bond acceptors (Lipinski definition) is 2. The van der Waals surface area contributed by atoms with Crippen LogP contribution >= 0.6 is 0 Å².